The van der Waals surface area contributed by atoms with Crippen molar-refractivity contribution in [2.75, 3.05) is 0 Å². The Hall–Kier alpha value is -2.91. The summed E-state index contributed by atoms with van der Waals surface area (Å²) in [5.41, 5.74) is 4.80. The van der Waals surface area contributed by atoms with Gasteiger partial charge in [0.1, 0.15) is 6.04 Å². The number of hydrogen-bond donors (Lipinski definition) is 6. The molecule has 1 heterocycles. The maximum Gasteiger partial charge on any atom is 0.266 e. The van der Waals surface area contributed by atoms with Crippen molar-refractivity contribution in [2.24, 2.45) is 11.8 Å². The van der Waals surface area contributed by atoms with E-state index < -0.39 is 29.7 Å². The van der Waals surface area contributed by atoms with Crippen molar-refractivity contribution in [1.82, 2.24) is 21.3 Å². The second-order valence-corrected chi connectivity index (χ2v) is 7.17. The van der Waals surface area contributed by atoms with Crippen LogP contribution in [-0.4, -0.2) is 39.2 Å². The maximum atomic E-state index is 12.7. The van der Waals surface area contributed by atoms with Gasteiger partial charge in [0.25, 0.3) is 5.91 Å². The Morgan fingerprint density at radius 1 is 1.07 bits per heavy atom. The number of nitrogens with one attached hydrogen (secondary N) is 4. The van der Waals surface area contributed by atoms with E-state index >= 15 is 0 Å². The molecule has 1 aromatic heterocycles. The van der Waals surface area contributed by atoms with Crippen LogP contribution in [0.15, 0.2) is 30.5 Å². The summed E-state index contributed by atoms with van der Waals surface area (Å²) in [6.07, 6.45) is 2.10. The monoisotopic (exact) mass is 390 g/mol. The fraction of sp³-hybridized carbons (Fsp3) is 0.421. The van der Waals surface area contributed by atoms with Crippen LogP contribution in [0, 0.1) is 11.8 Å². The second kappa shape index (κ2) is 9.86. The number of hydroxylamine groups is 2. The molecule has 0 fully saturated rings. The number of carbonyl (C=O) groups is 3. The number of rotatable bonds is 9. The molecule has 2 atom stereocenters. The highest BCUT2D eigenvalue weighted by molar-refractivity contribution is 5.91. The van der Waals surface area contributed by atoms with E-state index in [1.807, 2.05) is 38.1 Å². The van der Waals surface area contributed by atoms with Crippen molar-refractivity contribution in [3.63, 3.8) is 0 Å². The molecular formula is C19H26N4O5. The number of carbonyl (C=O) groups excluding carboxylic acids is 3. The lowest BCUT2D eigenvalue weighted by Crippen LogP contribution is -2.49. The molecule has 0 saturated carbocycles. The Kier molecular flexibility index (Phi) is 7.53. The van der Waals surface area contributed by atoms with Crippen molar-refractivity contribution >= 4 is 28.6 Å². The third-order valence-corrected chi connectivity index (χ3v) is 4.53. The molecule has 2 aromatic rings. The molecule has 0 unspecified atom stereocenters. The van der Waals surface area contributed by atoms with E-state index in [1.165, 1.54) is 5.48 Å². The molecule has 0 aliphatic carbocycles. The molecule has 9 heteroatoms. The predicted octanol–water partition coefficient (Wildman–Crippen LogP) is 1.26. The van der Waals surface area contributed by atoms with Gasteiger partial charge in [-0.05, 0) is 24.0 Å². The maximum absolute atomic E-state index is 12.7. The topological polar surface area (TPSA) is 144 Å². The third kappa shape index (κ3) is 5.54. The fourth-order valence-corrected chi connectivity index (χ4v) is 3.22. The second-order valence-electron chi connectivity index (χ2n) is 7.17. The van der Waals surface area contributed by atoms with E-state index in [0.717, 1.165) is 16.5 Å². The molecule has 0 aliphatic heterocycles. The quantitative estimate of drug-likeness (QED) is 0.282. The van der Waals surface area contributed by atoms with Crippen molar-refractivity contribution in [1.29, 1.82) is 0 Å². The van der Waals surface area contributed by atoms with E-state index in [9.17, 15) is 14.4 Å². The zero-order chi connectivity index (χ0) is 20.7. The minimum absolute atomic E-state index is 0.126. The summed E-state index contributed by atoms with van der Waals surface area (Å²) < 4.78 is 0. The van der Waals surface area contributed by atoms with Gasteiger partial charge in [0.15, 0.2) is 0 Å². The molecule has 0 bridgehead atoms. The number of para-hydroxylation sites is 1. The molecule has 1 aromatic carbocycles. The molecule has 0 radical (unpaired) electrons. The lowest BCUT2D eigenvalue weighted by atomic mass is 9.92. The average molecular weight is 390 g/mol. The molecule has 2 rings (SSSR count). The van der Waals surface area contributed by atoms with Crippen LogP contribution in [0.2, 0.25) is 0 Å². The largest absolute Gasteiger partial charge is 0.361 e. The van der Waals surface area contributed by atoms with Gasteiger partial charge in [0, 0.05) is 35.9 Å². The first-order valence-electron chi connectivity index (χ1n) is 9.08. The smallest absolute Gasteiger partial charge is 0.266 e. The van der Waals surface area contributed by atoms with Crippen LogP contribution in [0.3, 0.4) is 0 Å². The Morgan fingerprint density at radius 3 is 2.43 bits per heavy atom. The highest BCUT2D eigenvalue weighted by atomic mass is 16.5. The summed E-state index contributed by atoms with van der Waals surface area (Å²) in [4.78, 5) is 39.5. The third-order valence-electron chi connectivity index (χ3n) is 4.53. The average Bonchev–Trinajstić information content (AvgIpc) is 3.08. The van der Waals surface area contributed by atoms with Crippen LogP contribution in [0.5, 0.6) is 0 Å². The predicted molar refractivity (Wildman–Crippen MR) is 101 cm³/mol. The number of aromatic nitrogens is 1. The molecule has 9 nitrogen and oxygen atoms in total. The van der Waals surface area contributed by atoms with E-state index in [1.54, 1.807) is 11.7 Å². The molecule has 28 heavy (non-hydrogen) atoms. The van der Waals surface area contributed by atoms with Crippen molar-refractivity contribution in [2.45, 2.75) is 39.2 Å². The number of hydrogen-bond acceptors (Lipinski definition) is 5. The van der Waals surface area contributed by atoms with Crippen LogP contribution >= 0.6 is 0 Å². The fourth-order valence-electron chi connectivity index (χ4n) is 3.22. The summed E-state index contributed by atoms with van der Waals surface area (Å²) in [6.45, 7) is 3.81. The number of amides is 3. The minimum atomic E-state index is -1.02. The molecular weight excluding hydrogens is 364 g/mol. The highest BCUT2D eigenvalue weighted by Gasteiger charge is 2.28. The van der Waals surface area contributed by atoms with Crippen LogP contribution in [0.25, 0.3) is 10.9 Å². The Labute approximate surface area is 162 Å². The van der Waals surface area contributed by atoms with Gasteiger partial charge in [0.2, 0.25) is 11.8 Å². The summed E-state index contributed by atoms with van der Waals surface area (Å²) >= 11 is 0. The Balaban J connectivity index is 2.18. The minimum Gasteiger partial charge on any atom is -0.361 e. The van der Waals surface area contributed by atoms with E-state index in [2.05, 4.69) is 10.3 Å². The number of fused-ring (bicyclic) bond motifs is 1. The van der Waals surface area contributed by atoms with Crippen LogP contribution in [0.1, 0.15) is 32.3 Å². The zero-order valence-corrected chi connectivity index (χ0v) is 15.9. The van der Waals surface area contributed by atoms with Crippen molar-refractivity contribution < 1.29 is 24.8 Å². The van der Waals surface area contributed by atoms with Gasteiger partial charge < -0.3 is 10.3 Å². The van der Waals surface area contributed by atoms with Gasteiger partial charge in [-0.25, -0.2) is 11.0 Å². The molecule has 0 spiro atoms. The van der Waals surface area contributed by atoms with Gasteiger partial charge in [-0.3, -0.25) is 24.8 Å². The van der Waals surface area contributed by atoms with E-state index in [-0.39, 0.29) is 18.8 Å². The van der Waals surface area contributed by atoms with Gasteiger partial charge in [-0.15, -0.1) is 0 Å². The van der Waals surface area contributed by atoms with Gasteiger partial charge in [-0.1, -0.05) is 32.0 Å². The SMILES string of the molecule is CC(C)C[C@@H](CC(=O)NO)C(=O)N[C@H](Cc1c[nH]c2ccccc12)C(=O)NO. The zero-order valence-electron chi connectivity index (χ0n) is 15.9. The van der Waals surface area contributed by atoms with Crippen LogP contribution in [-0.2, 0) is 20.8 Å². The first-order chi connectivity index (χ1) is 13.3. The number of benzene rings is 1. The van der Waals surface area contributed by atoms with E-state index in [0.29, 0.717) is 6.42 Å². The lowest BCUT2D eigenvalue weighted by molar-refractivity contribution is -0.138. The summed E-state index contributed by atoms with van der Waals surface area (Å²) in [5, 5.41) is 21.3. The standard InChI is InChI=1S/C19H26N4O5/c1-11(2)7-12(9-17(24)22-27)18(25)21-16(19(26)23-28)8-13-10-20-15-6-4-3-5-14(13)15/h3-6,10-12,16,20,27-28H,7-9H2,1-2H3,(H,21,25)(H,22,24)(H,23,26)/t12-,16+/m0/s1. The summed E-state index contributed by atoms with van der Waals surface area (Å²) in [6, 6.07) is 6.51. The lowest BCUT2D eigenvalue weighted by Gasteiger charge is -2.22. The van der Waals surface area contributed by atoms with Gasteiger partial charge >= 0.3 is 0 Å². The molecule has 3 amide bonds. The normalized spacial score (nSPS) is 13.2. The van der Waals surface area contributed by atoms with Gasteiger partial charge in [0.05, 0.1) is 0 Å². The van der Waals surface area contributed by atoms with Gasteiger partial charge in [-0.2, -0.15) is 0 Å². The molecule has 0 aliphatic rings. The highest BCUT2D eigenvalue weighted by Crippen LogP contribution is 2.20. The van der Waals surface area contributed by atoms with Crippen LogP contribution < -0.4 is 16.3 Å². The molecule has 0 saturated heterocycles. The summed E-state index contributed by atoms with van der Waals surface area (Å²) in [5.74, 6) is -2.52. The van der Waals surface area contributed by atoms with Crippen molar-refractivity contribution in [3.05, 3.63) is 36.0 Å². The Morgan fingerprint density at radius 2 is 1.79 bits per heavy atom. The molecule has 6 N–H and O–H groups in total. The summed E-state index contributed by atoms with van der Waals surface area (Å²) in [7, 11) is 0. The van der Waals surface area contributed by atoms with E-state index in [4.69, 9.17) is 10.4 Å². The Bertz CT molecular complexity index is 833. The first-order valence-corrected chi connectivity index (χ1v) is 9.08. The number of aromatic amines is 1. The first kappa shape index (κ1) is 21.4. The van der Waals surface area contributed by atoms with Crippen LogP contribution in [0.4, 0.5) is 0 Å². The number of H-pyrrole nitrogens is 1. The van der Waals surface area contributed by atoms with Crippen molar-refractivity contribution in [3.8, 4) is 0 Å². The molecule has 152 valence electrons.